The van der Waals surface area contributed by atoms with Crippen molar-refractivity contribution in [2.24, 2.45) is 0 Å². The Bertz CT molecular complexity index is 886. The summed E-state index contributed by atoms with van der Waals surface area (Å²) in [5.74, 6) is -1.69. The highest BCUT2D eigenvalue weighted by Gasteiger charge is 2.35. The zero-order valence-corrected chi connectivity index (χ0v) is 18.4. The molecule has 2 amide bonds. The number of nitrogens with zero attached hydrogens (tertiary/aromatic N) is 1. The highest BCUT2D eigenvalue weighted by molar-refractivity contribution is 9.10. The van der Waals surface area contributed by atoms with Gasteiger partial charge in [-0.1, -0.05) is 15.9 Å². The molecule has 2 rings (SSSR count). The second-order valence-electron chi connectivity index (χ2n) is 5.83. The van der Waals surface area contributed by atoms with Gasteiger partial charge in [-0.3, -0.25) is 9.59 Å². The number of hydrogen-bond acceptors (Lipinski definition) is 8. The van der Waals surface area contributed by atoms with E-state index in [1.54, 1.807) is 38.1 Å². The fourth-order valence-corrected chi connectivity index (χ4v) is 2.99. The van der Waals surface area contributed by atoms with E-state index < -0.39 is 24.1 Å². The van der Waals surface area contributed by atoms with Crippen LogP contribution in [0.1, 0.15) is 27.7 Å². The first-order valence-corrected chi connectivity index (χ1v) is 9.76. The Balaban J connectivity index is 2.86. The molecule has 0 saturated heterocycles. The van der Waals surface area contributed by atoms with Gasteiger partial charge in [-0.25, -0.2) is 14.5 Å². The Hall–Kier alpha value is -3.14. The lowest BCUT2D eigenvalue weighted by Gasteiger charge is -2.19. The lowest BCUT2D eigenvalue weighted by Crippen LogP contribution is -2.33. The van der Waals surface area contributed by atoms with E-state index in [0.717, 1.165) is 18.7 Å². The summed E-state index contributed by atoms with van der Waals surface area (Å²) < 4.78 is 21.0. The normalized spacial score (nSPS) is 10.3. The molecule has 10 heteroatoms. The van der Waals surface area contributed by atoms with Crippen molar-refractivity contribution >= 4 is 45.7 Å². The van der Waals surface area contributed by atoms with Crippen LogP contribution in [0.3, 0.4) is 0 Å². The summed E-state index contributed by atoms with van der Waals surface area (Å²) in [6, 6.07) is 6.47. The Kier molecular flexibility index (Phi) is 7.76. The van der Waals surface area contributed by atoms with Crippen LogP contribution in [0.15, 0.2) is 28.7 Å². The summed E-state index contributed by atoms with van der Waals surface area (Å²) in [5, 5.41) is 0. The molecule has 0 spiro atoms. The number of rotatable bonds is 5. The van der Waals surface area contributed by atoms with E-state index in [0.29, 0.717) is 15.6 Å². The van der Waals surface area contributed by atoms with E-state index >= 15 is 0 Å². The number of imide groups is 1. The number of ether oxygens (including phenoxy) is 4. The molecule has 0 N–H and O–H groups in total. The lowest BCUT2D eigenvalue weighted by atomic mass is 10.2. The zero-order valence-electron chi connectivity index (χ0n) is 16.8. The van der Waals surface area contributed by atoms with Crippen LogP contribution in [-0.2, 0) is 19.1 Å². The molecule has 0 aromatic carbocycles. The molecule has 160 valence electrons. The van der Waals surface area contributed by atoms with Gasteiger partial charge in [0.15, 0.2) is 11.5 Å². The number of hydrogen-bond donors (Lipinski definition) is 0. The number of carbonyl (C=O) groups excluding carboxylic acids is 4. The maximum atomic E-state index is 12.3. The standard InChI is InChI=1S/C20H20BrNO8/c1-5-27-19(25)29-17-14-9-7-13(21)8-10-15(14)18(30-20(26)28-6-2)16(17)22(11(3)23)12(4)24/h7-10H,5-6H2,1-4H3. The summed E-state index contributed by atoms with van der Waals surface area (Å²) in [7, 11) is 0. The Morgan fingerprint density at radius 2 is 1.20 bits per heavy atom. The van der Waals surface area contributed by atoms with E-state index in [2.05, 4.69) is 15.9 Å². The van der Waals surface area contributed by atoms with Crippen molar-refractivity contribution in [3.8, 4) is 22.6 Å². The Morgan fingerprint density at radius 3 is 1.53 bits per heavy atom. The van der Waals surface area contributed by atoms with Gasteiger partial charge in [0.05, 0.1) is 13.2 Å². The zero-order chi connectivity index (χ0) is 22.4. The summed E-state index contributed by atoms with van der Waals surface area (Å²) in [6.07, 6.45) is -2.10. The molecule has 0 saturated carbocycles. The third kappa shape index (κ3) is 5.07. The van der Waals surface area contributed by atoms with Crippen molar-refractivity contribution in [1.82, 2.24) is 0 Å². The van der Waals surface area contributed by atoms with Crippen LogP contribution in [0, 0.1) is 0 Å². The number of halogens is 1. The second kappa shape index (κ2) is 10.1. The quantitative estimate of drug-likeness (QED) is 0.573. The van der Waals surface area contributed by atoms with Gasteiger partial charge in [0.1, 0.15) is 5.69 Å². The van der Waals surface area contributed by atoms with Crippen molar-refractivity contribution < 1.29 is 38.1 Å². The van der Waals surface area contributed by atoms with E-state index in [1.807, 2.05) is 0 Å². The third-order valence-electron chi connectivity index (χ3n) is 3.78. The molecule has 9 nitrogen and oxygen atoms in total. The van der Waals surface area contributed by atoms with E-state index in [-0.39, 0.29) is 30.4 Å². The number of carbonyl (C=O) groups is 4. The van der Waals surface area contributed by atoms with Gasteiger partial charge in [0.25, 0.3) is 0 Å². The minimum Gasteiger partial charge on any atom is -0.434 e. The largest absolute Gasteiger partial charge is 0.513 e. The van der Waals surface area contributed by atoms with E-state index in [4.69, 9.17) is 18.9 Å². The summed E-state index contributed by atoms with van der Waals surface area (Å²) in [4.78, 5) is 49.4. The average Bonchev–Trinajstić information content (AvgIpc) is 2.78. The van der Waals surface area contributed by atoms with Gasteiger partial charge in [-0.15, -0.1) is 0 Å². The van der Waals surface area contributed by atoms with E-state index in [1.165, 1.54) is 0 Å². The first-order valence-electron chi connectivity index (χ1n) is 8.96. The molecular weight excluding hydrogens is 462 g/mol. The van der Waals surface area contributed by atoms with Crippen LogP contribution in [0.25, 0.3) is 11.1 Å². The molecule has 0 unspecified atom stereocenters. The maximum Gasteiger partial charge on any atom is 0.513 e. The predicted molar refractivity (Wildman–Crippen MR) is 110 cm³/mol. The monoisotopic (exact) mass is 481 g/mol. The summed E-state index contributed by atoms with van der Waals surface area (Å²) >= 11 is 3.34. The van der Waals surface area contributed by atoms with Crippen LogP contribution >= 0.6 is 15.9 Å². The third-order valence-corrected chi connectivity index (χ3v) is 4.31. The van der Waals surface area contributed by atoms with Gasteiger partial charge < -0.3 is 18.9 Å². The van der Waals surface area contributed by atoms with Gasteiger partial charge in [-0.2, -0.15) is 0 Å². The summed E-state index contributed by atoms with van der Waals surface area (Å²) in [6.45, 7) is 5.57. The number of fused-ring (bicyclic) bond motifs is 1. The fourth-order valence-electron chi connectivity index (χ4n) is 2.72. The molecule has 2 aliphatic carbocycles. The first kappa shape index (κ1) is 23.1. The van der Waals surface area contributed by atoms with Crippen LogP contribution in [0.5, 0.6) is 11.5 Å². The van der Waals surface area contributed by atoms with Crippen LogP contribution in [-0.4, -0.2) is 37.3 Å². The van der Waals surface area contributed by atoms with Gasteiger partial charge in [0, 0.05) is 29.4 Å². The second-order valence-corrected chi connectivity index (χ2v) is 6.75. The fraction of sp³-hybridized carbons (Fsp3) is 0.300. The molecule has 0 atom stereocenters. The van der Waals surface area contributed by atoms with Crippen molar-refractivity contribution in [3.63, 3.8) is 0 Å². The minimum absolute atomic E-state index is 0.0431. The average molecular weight is 482 g/mol. The maximum absolute atomic E-state index is 12.3. The lowest BCUT2D eigenvalue weighted by molar-refractivity contribution is -0.124. The highest BCUT2D eigenvalue weighted by Crippen LogP contribution is 2.54. The van der Waals surface area contributed by atoms with Crippen molar-refractivity contribution in [1.29, 1.82) is 0 Å². The molecule has 0 bridgehead atoms. The molecule has 0 aromatic rings. The van der Waals surface area contributed by atoms with Crippen molar-refractivity contribution in [2.45, 2.75) is 27.7 Å². The molecule has 2 aliphatic rings. The number of anilines is 1. The van der Waals surface area contributed by atoms with Crippen LogP contribution < -0.4 is 14.4 Å². The highest BCUT2D eigenvalue weighted by atomic mass is 79.9. The van der Waals surface area contributed by atoms with Crippen LogP contribution in [0.4, 0.5) is 15.3 Å². The van der Waals surface area contributed by atoms with Gasteiger partial charge in [-0.05, 0) is 38.1 Å². The minimum atomic E-state index is -1.05. The van der Waals surface area contributed by atoms with Crippen LogP contribution in [0.2, 0.25) is 0 Å². The predicted octanol–water partition coefficient (Wildman–Crippen LogP) is 4.52. The van der Waals surface area contributed by atoms with Gasteiger partial charge >= 0.3 is 12.3 Å². The topological polar surface area (TPSA) is 108 Å². The first-order chi connectivity index (χ1) is 14.2. The molecule has 30 heavy (non-hydrogen) atoms. The molecular formula is C20H20BrNO8. The molecule has 0 radical (unpaired) electrons. The SMILES string of the molecule is CCOC(=O)Oc1c2ccc(Br)ccc-2c(OC(=O)OCC)c1N(C(C)=O)C(C)=O. The number of amides is 2. The Morgan fingerprint density at radius 1 is 0.800 bits per heavy atom. The molecule has 0 heterocycles. The summed E-state index contributed by atoms with van der Waals surface area (Å²) in [5.41, 5.74) is 0.402. The van der Waals surface area contributed by atoms with E-state index in [9.17, 15) is 19.2 Å². The van der Waals surface area contributed by atoms with Crippen molar-refractivity contribution in [2.75, 3.05) is 18.1 Å². The molecule has 0 aliphatic heterocycles. The van der Waals surface area contributed by atoms with Crippen molar-refractivity contribution in [3.05, 3.63) is 28.7 Å². The molecule has 0 fully saturated rings. The smallest absolute Gasteiger partial charge is 0.434 e. The van der Waals surface area contributed by atoms with Gasteiger partial charge in [0.2, 0.25) is 11.8 Å². The molecule has 0 aromatic heterocycles. The Labute approximate surface area is 181 Å².